The largest absolute Gasteiger partial charge is 0.382 e. The Kier molecular flexibility index (Phi) is 7.41. The van der Waals surface area contributed by atoms with Crippen LogP contribution in [0.3, 0.4) is 0 Å². The highest BCUT2D eigenvalue weighted by molar-refractivity contribution is 7.14. The third kappa shape index (κ3) is 5.49. The quantitative estimate of drug-likeness (QED) is 0.639. The molecule has 3 amide bonds. The molecule has 8 nitrogen and oxygen atoms in total. The molecule has 1 fully saturated rings. The number of hydrogen-bond donors (Lipinski definition) is 2. The molecule has 0 aliphatic carbocycles. The van der Waals surface area contributed by atoms with Crippen molar-refractivity contribution in [1.82, 2.24) is 5.32 Å². The predicted octanol–water partition coefficient (Wildman–Crippen LogP) is 1.78. The van der Waals surface area contributed by atoms with E-state index in [9.17, 15) is 14.4 Å². The number of morpholine rings is 1. The van der Waals surface area contributed by atoms with Crippen LogP contribution < -0.4 is 15.5 Å². The molecule has 3 rings (SSSR count). The minimum Gasteiger partial charge on any atom is -0.382 e. The lowest BCUT2D eigenvalue weighted by molar-refractivity contribution is -0.125. The Morgan fingerprint density at radius 2 is 2.16 bits per heavy atom. The van der Waals surface area contributed by atoms with E-state index in [1.165, 1.54) is 18.4 Å². The van der Waals surface area contributed by atoms with Crippen molar-refractivity contribution < 1.29 is 23.9 Å². The monoisotopic (exact) mass is 441 g/mol. The fourth-order valence-electron chi connectivity index (χ4n) is 3.15. The summed E-state index contributed by atoms with van der Waals surface area (Å²) >= 11 is 1.17. The van der Waals surface area contributed by atoms with E-state index in [-0.39, 0.29) is 19.1 Å². The number of carbonyl (C=O) groups is 3. The number of nitrogens with zero attached hydrogens (tertiary/aromatic N) is 1. The zero-order chi connectivity index (χ0) is 22.4. The fourth-order valence-corrected chi connectivity index (χ4v) is 3.87. The van der Waals surface area contributed by atoms with E-state index in [1.54, 1.807) is 35.2 Å². The van der Waals surface area contributed by atoms with Crippen LogP contribution in [0.5, 0.6) is 0 Å². The van der Waals surface area contributed by atoms with Gasteiger partial charge >= 0.3 is 0 Å². The van der Waals surface area contributed by atoms with Crippen molar-refractivity contribution in [3.05, 3.63) is 45.6 Å². The number of carbonyl (C=O) groups excluding carboxylic acids is 3. The Hall–Kier alpha value is -3.19. The number of amides is 3. The summed E-state index contributed by atoms with van der Waals surface area (Å²) in [5.41, 5.74) is 2.16. The van der Waals surface area contributed by atoms with Crippen LogP contribution in [0.25, 0.3) is 0 Å². The second-order valence-electron chi connectivity index (χ2n) is 6.88. The van der Waals surface area contributed by atoms with Crippen molar-refractivity contribution >= 4 is 40.4 Å². The Morgan fingerprint density at radius 3 is 2.81 bits per heavy atom. The Balaban J connectivity index is 1.68. The highest BCUT2D eigenvalue weighted by atomic mass is 32.1. The number of methoxy groups -OCH3 is 1. The molecule has 0 radical (unpaired) electrons. The molecule has 1 aromatic heterocycles. The highest BCUT2D eigenvalue weighted by Crippen LogP contribution is 2.25. The topological polar surface area (TPSA) is 97.0 Å². The molecule has 0 saturated carbocycles. The Bertz CT molecular complexity index is 1030. The maximum atomic E-state index is 12.8. The van der Waals surface area contributed by atoms with E-state index in [4.69, 9.17) is 15.9 Å². The lowest BCUT2D eigenvalue weighted by atomic mass is 10.1. The van der Waals surface area contributed by atoms with Crippen LogP contribution in [0.1, 0.15) is 20.1 Å². The standard InChI is InChI=1S/C22H23N3O5S/c1-4-16-6-8-19(31-16)22(28)24-17(12-29-3)21(27)23-15-5-7-18(14(2)11-15)25-9-10-30-13-20(25)26/h1,5-8,11,17H,9-10,12-13H2,2-3H3,(H,23,27)(H,24,28)/t17-/m1/s1. The average Bonchev–Trinajstić information content (AvgIpc) is 3.24. The summed E-state index contributed by atoms with van der Waals surface area (Å²) in [5, 5.41) is 5.47. The van der Waals surface area contributed by atoms with E-state index in [0.717, 1.165) is 11.3 Å². The zero-order valence-corrected chi connectivity index (χ0v) is 18.1. The first-order chi connectivity index (χ1) is 14.9. The lowest BCUT2D eigenvalue weighted by Crippen LogP contribution is -2.46. The van der Waals surface area contributed by atoms with Gasteiger partial charge in [0.15, 0.2) is 0 Å². The van der Waals surface area contributed by atoms with Crippen LogP contribution in [0.2, 0.25) is 0 Å². The molecule has 0 bridgehead atoms. The van der Waals surface area contributed by atoms with E-state index >= 15 is 0 Å². The molecule has 1 saturated heterocycles. The third-order valence-electron chi connectivity index (χ3n) is 4.67. The molecule has 0 unspecified atom stereocenters. The van der Waals surface area contributed by atoms with Gasteiger partial charge in [0.2, 0.25) is 5.91 Å². The van der Waals surface area contributed by atoms with Crippen LogP contribution in [0.15, 0.2) is 30.3 Å². The number of rotatable bonds is 7. The summed E-state index contributed by atoms with van der Waals surface area (Å²) in [5.74, 6) is 1.55. The van der Waals surface area contributed by atoms with Gasteiger partial charge in [0.25, 0.3) is 11.8 Å². The van der Waals surface area contributed by atoms with Gasteiger partial charge in [-0.05, 0) is 42.8 Å². The SMILES string of the molecule is C#Cc1ccc(C(=O)N[C@H](COC)C(=O)Nc2ccc(N3CCOCC3=O)c(C)c2)s1. The number of benzene rings is 1. The molecule has 31 heavy (non-hydrogen) atoms. The first-order valence-electron chi connectivity index (χ1n) is 9.58. The molecule has 162 valence electrons. The maximum Gasteiger partial charge on any atom is 0.262 e. The highest BCUT2D eigenvalue weighted by Gasteiger charge is 2.24. The maximum absolute atomic E-state index is 12.8. The molecule has 1 atom stereocenters. The van der Waals surface area contributed by atoms with Gasteiger partial charge in [0.05, 0.1) is 23.0 Å². The van der Waals surface area contributed by atoms with Crippen molar-refractivity contribution in [3.8, 4) is 12.3 Å². The van der Waals surface area contributed by atoms with Gasteiger partial charge in [-0.3, -0.25) is 14.4 Å². The predicted molar refractivity (Wildman–Crippen MR) is 118 cm³/mol. The minimum atomic E-state index is -0.894. The molecule has 2 N–H and O–H groups in total. The summed E-state index contributed by atoms with van der Waals surface area (Å²) in [6.45, 7) is 2.89. The van der Waals surface area contributed by atoms with Crippen LogP contribution in [0, 0.1) is 19.3 Å². The molecule has 0 spiro atoms. The summed E-state index contributed by atoms with van der Waals surface area (Å²) in [7, 11) is 1.45. The van der Waals surface area contributed by atoms with Gasteiger partial charge in [-0.1, -0.05) is 5.92 Å². The van der Waals surface area contributed by atoms with Crippen LogP contribution in [-0.4, -0.2) is 57.2 Å². The summed E-state index contributed by atoms with van der Waals surface area (Å²) in [6, 6.07) is 7.67. The van der Waals surface area contributed by atoms with Crippen LogP contribution in [0.4, 0.5) is 11.4 Å². The number of nitrogens with one attached hydrogen (secondary N) is 2. The number of anilines is 2. The number of hydrogen-bond acceptors (Lipinski definition) is 6. The molecular weight excluding hydrogens is 418 g/mol. The molecule has 2 aromatic rings. The summed E-state index contributed by atoms with van der Waals surface area (Å²) < 4.78 is 10.3. The van der Waals surface area contributed by atoms with E-state index in [2.05, 4.69) is 16.6 Å². The lowest BCUT2D eigenvalue weighted by Gasteiger charge is -2.28. The second-order valence-corrected chi connectivity index (χ2v) is 7.96. The van der Waals surface area contributed by atoms with E-state index < -0.39 is 17.9 Å². The molecule has 9 heteroatoms. The first-order valence-corrected chi connectivity index (χ1v) is 10.4. The molecule has 2 heterocycles. The second kappa shape index (κ2) is 10.2. The van der Waals surface area contributed by atoms with Crippen LogP contribution >= 0.6 is 11.3 Å². The minimum absolute atomic E-state index is 0.00426. The van der Waals surface area contributed by atoms with E-state index in [1.807, 2.05) is 6.92 Å². The van der Waals surface area contributed by atoms with Crippen molar-refractivity contribution in [2.75, 3.05) is 43.7 Å². The number of thiophene rings is 1. The molecule has 1 aliphatic rings. The van der Waals surface area contributed by atoms with Gasteiger partial charge in [-0.25, -0.2) is 0 Å². The van der Waals surface area contributed by atoms with Gasteiger partial charge in [0.1, 0.15) is 12.6 Å². The van der Waals surface area contributed by atoms with Crippen molar-refractivity contribution in [1.29, 1.82) is 0 Å². The Morgan fingerprint density at radius 1 is 1.35 bits per heavy atom. The summed E-state index contributed by atoms with van der Waals surface area (Å²) in [4.78, 5) is 40.0. The Labute approximate surface area is 184 Å². The fraction of sp³-hybridized carbons (Fsp3) is 0.318. The first kappa shape index (κ1) is 22.5. The van der Waals surface area contributed by atoms with Crippen molar-refractivity contribution in [2.45, 2.75) is 13.0 Å². The molecule has 1 aromatic carbocycles. The van der Waals surface area contributed by atoms with Gasteiger partial charge in [-0.2, -0.15) is 0 Å². The normalized spacial score (nSPS) is 14.6. The zero-order valence-electron chi connectivity index (χ0n) is 17.3. The van der Waals surface area contributed by atoms with Gasteiger partial charge in [0, 0.05) is 25.0 Å². The van der Waals surface area contributed by atoms with Gasteiger partial charge < -0.3 is 25.0 Å². The number of aryl methyl sites for hydroxylation is 1. The average molecular weight is 442 g/mol. The number of terminal acetylenes is 1. The third-order valence-corrected chi connectivity index (χ3v) is 5.68. The van der Waals surface area contributed by atoms with Crippen LogP contribution in [-0.2, 0) is 19.1 Å². The number of ether oxygens (including phenoxy) is 2. The van der Waals surface area contributed by atoms with E-state index in [0.29, 0.717) is 28.6 Å². The summed E-state index contributed by atoms with van der Waals surface area (Å²) in [6.07, 6.45) is 5.34. The molecular formula is C22H23N3O5S. The smallest absolute Gasteiger partial charge is 0.262 e. The van der Waals surface area contributed by atoms with Crippen molar-refractivity contribution in [3.63, 3.8) is 0 Å². The van der Waals surface area contributed by atoms with Gasteiger partial charge in [-0.15, -0.1) is 17.8 Å². The van der Waals surface area contributed by atoms with Crippen molar-refractivity contribution in [2.24, 2.45) is 0 Å². The molecule has 1 aliphatic heterocycles.